The monoisotopic (exact) mass is 300 g/mol. The van der Waals surface area contributed by atoms with Crippen molar-refractivity contribution in [3.8, 4) is 0 Å². The summed E-state index contributed by atoms with van der Waals surface area (Å²) in [6.45, 7) is 8.97. The summed E-state index contributed by atoms with van der Waals surface area (Å²) in [5.74, 6) is 0. The number of hydrogen-bond donors (Lipinski definition) is 2. The van der Waals surface area contributed by atoms with Crippen molar-refractivity contribution in [3.63, 3.8) is 0 Å². The Morgan fingerprint density at radius 1 is 1.00 bits per heavy atom. The lowest BCUT2D eigenvalue weighted by molar-refractivity contribution is 0.170. The summed E-state index contributed by atoms with van der Waals surface area (Å²) in [7, 11) is 0. The largest absolute Gasteiger partial charge is 0.382 e. The van der Waals surface area contributed by atoms with Crippen LogP contribution in [0.15, 0.2) is 18.2 Å². The molecular weight excluding hydrogens is 279 g/mol. The van der Waals surface area contributed by atoms with E-state index in [0.717, 1.165) is 18.5 Å². The smallest absolute Gasteiger partial charge is 0.0441 e. The Bertz CT molecular complexity index is 433. The minimum absolute atomic E-state index is 0.127. The van der Waals surface area contributed by atoms with E-state index in [1.165, 1.54) is 0 Å². The summed E-state index contributed by atoms with van der Waals surface area (Å²) in [6, 6.07) is 6.02. The van der Waals surface area contributed by atoms with Crippen LogP contribution < -0.4 is 10.6 Å². The van der Waals surface area contributed by atoms with E-state index < -0.39 is 0 Å². The molecule has 1 aliphatic rings. The highest BCUT2D eigenvalue weighted by molar-refractivity contribution is 6.35. The van der Waals surface area contributed by atoms with Gasteiger partial charge in [0.15, 0.2) is 0 Å². The first-order valence-electron chi connectivity index (χ1n) is 6.67. The first kappa shape index (κ1) is 15.0. The molecule has 4 heteroatoms. The molecule has 0 amide bonds. The predicted molar refractivity (Wildman–Crippen MR) is 84.4 cm³/mol. The van der Waals surface area contributed by atoms with E-state index in [1.807, 2.05) is 12.1 Å². The second-order valence-electron chi connectivity index (χ2n) is 6.80. The van der Waals surface area contributed by atoms with Crippen molar-refractivity contribution >= 4 is 28.9 Å². The van der Waals surface area contributed by atoms with Crippen LogP contribution in [-0.4, -0.2) is 17.1 Å². The number of rotatable bonds is 2. The molecule has 0 radical (unpaired) electrons. The van der Waals surface area contributed by atoms with Gasteiger partial charge in [0.2, 0.25) is 0 Å². The number of nitrogens with one attached hydrogen (secondary N) is 2. The predicted octanol–water partition coefficient (Wildman–Crippen LogP) is 4.71. The van der Waals surface area contributed by atoms with Crippen molar-refractivity contribution in [1.29, 1.82) is 0 Å². The Balaban J connectivity index is 2.14. The summed E-state index contributed by atoms with van der Waals surface area (Å²) in [4.78, 5) is 0. The first-order valence-corrected chi connectivity index (χ1v) is 7.43. The molecule has 1 aromatic rings. The molecule has 1 heterocycles. The SMILES string of the molecule is CC1(C)CC(Nc2cc(Cl)cc(Cl)c2)CC(C)(C)N1. The van der Waals surface area contributed by atoms with Crippen LogP contribution in [0, 0.1) is 0 Å². The van der Waals surface area contributed by atoms with Gasteiger partial charge in [0.25, 0.3) is 0 Å². The van der Waals surface area contributed by atoms with E-state index in [9.17, 15) is 0 Å². The molecule has 0 atom stereocenters. The quantitative estimate of drug-likeness (QED) is 0.826. The Hall–Kier alpha value is -0.440. The highest BCUT2D eigenvalue weighted by Gasteiger charge is 2.37. The molecule has 1 aromatic carbocycles. The first-order chi connectivity index (χ1) is 8.65. The Kier molecular flexibility index (Phi) is 4.06. The van der Waals surface area contributed by atoms with E-state index in [0.29, 0.717) is 16.1 Å². The van der Waals surface area contributed by atoms with Crippen molar-refractivity contribution in [1.82, 2.24) is 5.32 Å². The Labute approximate surface area is 125 Å². The van der Waals surface area contributed by atoms with Gasteiger partial charge in [-0.15, -0.1) is 0 Å². The van der Waals surface area contributed by atoms with E-state index in [4.69, 9.17) is 23.2 Å². The van der Waals surface area contributed by atoms with Crippen LogP contribution in [0.4, 0.5) is 5.69 Å². The van der Waals surface area contributed by atoms with Crippen molar-refractivity contribution in [3.05, 3.63) is 28.2 Å². The summed E-state index contributed by atoms with van der Waals surface area (Å²) in [5, 5.41) is 8.58. The number of hydrogen-bond acceptors (Lipinski definition) is 2. The summed E-state index contributed by atoms with van der Waals surface area (Å²) >= 11 is 12.1. The zero-order valence-corrected chi connectivity index (χ0v) is 13.5. The second kappa shape index (κ2) is 5.16. The second-order valence-corrected chi connectivity index (χ2v) is 7.67. The maximum absolute atomic E-state index is 6.04. The number of halogens is 2. The van der Waals surface area contributed by atoms with Gasteiger partial charge in [-0.2, -0.15) is 0 Å². The number of benzene rings is 1. The van der Waals surface area contributed by atoms with Crippen LogP contribution in [0.3, 0.4) is 0 Å². The highest BCUT2D eigenvalue weighted by Crippen LogP contribution is 2.31. The van der Waals surface area contributed by atoms with E-state index >= 15 is 0 Å². The van der Waals surface area contributed by atoms with Crippen molar-refractivity contribution in [2.75, 3.05) is 5.32 Å². The van der Waals surface area contributed by atoms with Gasteiger partial charge in [-0.05, 0) is 58.7 Å². The van der Waals surface area contributed by atoms with Crippen LogP contribution in [0.5, 0.6) is 0 Å². The van der Waals surface area contributed by atoms with Gasteiger partial charge >= 0.3 is 0 Å². The fraction of sp³-hybridized carbons (Fsp3) is 0.600. The van der Waals surface area contributed by atoms with Gasteiger partial charge in [-0.3, -0.25) is 0 Å². The lowest BCUT2D eigenvalue weighted by Crippen LogP contribution is -2.60. The third kappa shape index (κ3) is 4.27. The standard InChI is InChI=1S/C15H22Cl2N2/c1-14(2)8-13(9-15(3,4)19-14)18-12-6-10(16)5-11(17)7-12/h5-7,13,18-19H,8-9H2,1-4H3. The van der Waals surface area contributed by atoms with Crippen LogP contribution in [0.2, 0.25) is 10.0 Å². The zero-order valence-electron chi connectivity index (χ0n) is 12.0. The lowest BCUT2D eigenvalue weighted by atomic mass is 9.79. The van der Waals surface area contributed by atoms with E-state index in [-0.39, 0.29) is 11.1 Å². The molecule has 19 heavy (non-hydrogen) atoms. The molecule has 0 unspecified atom stereocenters. The summed E-state index contributed by atoms with van der Waals surface area (Å²) < 4.78 is 0. The fourth-order valence-electron chi connectivity index (χ4n) is 3.30. The van der Waals surface area contributed by atoms with Crippen molar-refractivity contribution in [2.45, 2.75) is 57.7 Å². The topological polar surface area (TPSA) is 24.1 Å². The maximum atomic E-state index is 6.04. The normalized spacial score (nSPS) is 22.2. The van der Waals surface area contributed by atoms with Gasteiger partial charge in [0.1, 0.15) is 0 Å². The average molecular weight is 301 g/mol. The Morgan fingerprint density at radius 2 is 1.47 bits per heavy atom. The van der Waals surface area contributed by atoms with Crippen LogP contribution in [0.1, 0.15) is 40.5 Å². The molecule has 2 nitrogen and oxygen atoms in total. The zero-order chi connectivity index (χ0) is 14.3. The molecule has 1 aliphatic heterocycles. The lowest BCUT2D eigenvalue weighted by Gasteiger charge is -2.47. The minimum Gasteiger partial charge on any atom is -0.382 e. The Morgan fingerprint density at radius 3 is 1.95 bits per heavy atom. The van der Waals surface area contributed by atoms with Gasteiger partial charge in [-0.25, -0.2) is 0 Å². The van der Waals surface area contributed by atoms with Gasteiger partial charge in [0, 0.05) is 32.9 Å². The van der Waals surface area contributed by atoms with Crippen molar-refractivity contribution in [2.24, 2.45) is 0 Å². The van der Waals surface area contributed by atoms with Gasteiger partial charge < -0.3 is 10.6 Å². The highest BCUT2D eigenvalue weighted by atomic mass is 35.5. The molecule has 0 saturated carbocycles. The van der Waals surface area contributed by atoms with E-state index in [2.05, 4.69) is 38.3 Å². The third-order valence-corrected chi connectivity index (χ3v) is 3.86. The molecular formula is C15H22Cl2N2. The summed E-state index contributed by atoms with van der Waals surface area (Å²) in [5.41, 5.74) is 1.25. The molecule has 1 saturated heterocycles. The van der Waals surface area contributed by atoms with Crippen LogP contribution in [-0.2, 0) is 0 Å². The number of piperidine rings is 1. The molecule has 1 fully saturated rings. The summed E-state index contributed by atoms with van der Waals surface area (Å²) in [6.07, 6.45) is 2.14. The molecule has 2 rings (SSSR count). The number of anilines is 1. The third-order valence-electron chi connectivity index (χ3n) is 3.42. The molecule has 2 N–H and O–H groups in total. The van der Waals surface area contributed by atoms with Crippen LogP contribution >= 0.6 is 23.2 Å². The molecule has 0 aromatic heterocycles. The molecule has 0 bridgehead atoms. The van der Waals surface area contributed by atoms with Crippen LogP contribution in [0.25, 0.3) is 0 Å². The minimum atomic E-state index is 0.127. The fourth-order valence-corrected chi connectivity index (χ4v) is 3.82. The average Bonchev–Trinajstić information content (AvgIpc) is 2.08. The molecule has 0 aliphatic carbocycles. The van der Waals surface area contributed by atoms with Gasteiger partial charge in [-0.1, -0.05) is 23.2 Å². The molecule has 0 spiro atoms. The van der Waals surface area contributed by atoms with E-state index in [1.54, 1.807) is 6.07 Å². The van der Waals surface area contributed by atoms with Gasteiger partial charge in [0.05, 0.1) is 0 Å². The molecule has 106 valence electrons. The van der Waals surface area contributed by atoms with Crippen molar-refractivity contribution < 1.29 is 0 Å². The maximum Gasteiger partial charge on any atom is 0.0441 e.